The third-order valence-corrected chi connectivity index (χ3v) is 3.24. The van der Waals surface area contributed by atoms with E-state index in [0.29, 0.717) is 0 Å². The summed E-state index contributed by atoms with van der Waals surface area (Å²) in [5.74, 6) is 1.00. The normalized spacial score (nSPS) is 10.5. The zero-order valence-corrected chi connectivity index (χ0v) is 11.8. The summed E-state index contributed by atoms with van der Waals surface area (Å²) < 4.78 is 5.58. The molecule has 1 aromatic carbocycles. The molecule has 0 bridgehead atoms. The van der Waals surface area contributed by atoms with Gasteiger partial charge in [-0.25, -0.2) is 0 Å². The molecule has 3 heteroatoms. The van der Waals surface area contributed by atoms with Gasteiger partial charge in [-0.15, -0.1) is 0 Å². The molecule has 0 saturated heterocycles. The Bertz CT molecular complexity index is 388. The maximum absolute atomic E-state index is 5.58. The molecule has 0 amide bonds. The highest BCUT2D eigenvalue weighted by Gasteiger charge is 2.15. The lowest BCUT2D eigenvalue weighted by Crippen LogP contribution is -2.28. The van der Waals surface area contributed by atoms with Gasteiger partial charge in [0.05, 0.1) is 12.8 Å². The lowest BCUT2D eigenvalue weighted by molar-refractivity contribution is 0.411. The number of anilines is 1. The van der Waals surface area contributed by atoms with Gasteiger partial charge in [-0.3, -0.25) is 0 Å². The Kier molecular flexibility index (Phi) is 4.82. The van der Waals surface area contributed by atoms with E-state index in [2.05, 4.69) is 44.1 Å². The fourth-order valence-corrected chi connectivity index (χ4v) is 2.15. The van der Waals surface area contributed by atoms with Gasteiger partial charge in [0.2, 0.25) is 0 Å². The van der Waals surface area contributed by atoms with Crippen molar-refractivity contribution in [2.45, 2.75) is 20.8 Å². The number of likely N-dealkylation sites (N-methyl/N-ethyl adjacent to an activating group) is 2. The van der Waals surface area contributed by atoms with Crippen molar-refractivity contribution in [3.8, 4) is 5.75 Å². The van der Waals surface area contributed by atoms with Crippen LogP contribution in [0.25, 0.3) is 0 Å². The molecule has 0 aliphatic carbocycles. The molecule has 0 unspecified atom stereocenters. The number of nitrogens with zero attached hydrogens (tertiary/aromatic N) is 1. The number of benzene rings is 1. The number of aryl methyl sites for hydroxylation is 2. The summed E-state index contributed by atoms with van der Waals surface area (Å²) >= 11 is 0. The fraction of sp³-hybridized carbons (Fsp3) is 0.571. The van der Waals surface area contributed by atoms with Gasteiger partial charge in [-0.2, -0.15) is 0 Å². The second-order valence-electron chi connectivity index (χ2n) is 4.54. The van der Waals surface area contributed by atoms with Gasteiger partial charge in [0, 0.05) is 20.1 Å². The van der Waals surface area contributed by atoms with E-state index in [1.807, 2.05) is 7.05 Å². The quantitative estimate of drug-likeness (QED) is 0.849. The highest BCUT2D eigenvalue weighted by atomic mass is 16.5. The Hall–Kier alpha value is -1.22. The first-order valence-corrected chi connectivity index (χ1v) is 6.03. The molecule has 0 atom stereocenters. The second kappa shape index (κ2) is 5.92. The molecule has 0 aliphatic rings. The van der Waals surface area contributed by atoms with E-state index < -0.39 is 0 Å². The largest absolute Gasteiger partial charge is 0.494 e. The van der Waals surface area contributed by atoms with Crippen LogP contribution >= 0.6 is 0 Å². The van der Waals surface area contributed by atoms with Crippen LogP contribution in [0, 0.1) is 20.8 Å². The van der Waals surface area contributed by atoms with Crippen LogP contribution < -0.4 is 15.0 Å². The van der Waals surface area contributed by atoms with Gasteiger partial charge in [-0.1, -0.05) is 6.07 Å². The maximum atomic E-state index is 5.58. The summed E-state index contributed by atoms with van der Waals surface area (Å²) in [6, 6.07) is 2.23. The summed E-state index contributed by atoms with van der Waals surface area (Å²) in [6.45, 7) is 8.31. The van der Waals surface area contributed by atoms with Gasteiger partial charge < -0.3 is 15.0 Å². The van der Waals surface area contributed by atoms with E-state index in [1.54, 1.807) is 7.11 Å². The average Bonchev–Trinajstić information content (AvgIpc) is 2.30. The number of hydrogen-bond donors (Lipinski definition) is 1. The minimum atomic E-state index is 0.964. The highest BCUT2D eigenvalue weighted by molar-refractivity contribution is 5.67. The van der Waals surface area contributed by atoms with E-state index >= 15 is 0 Å². The van der Waals surface area contributed by atoms with Crippen LogP contribution in [0.4, 0.5) is 5.69 Å². The summed E-state index contributed by atoms with van der Waals surface area (Å²) in [6.07, 6.45) is 0. The Balaban J connectivity index is 3.17. The van der Waals surface area contributed by atoms with Crippen molar-refractivity contribution < 1.29 is 4.74 Å². The van der Waals surface area contributed by atoms with Crippen LogP contribution in [-0.2, 0) is 0 Å². The van der Waals surface area contributed by atoms with Gasteiger partial charge in [0.1, 0.15) is 5.75 Å². The molecule has 96 valence electrons. The molecule has 0 aromatic heterocycles. The van der Waals surface area contributed by atoms with Gasteiger partial charge in [0.15, 0.2) is 0 Å². The first-order valence-electron chi connectivity index (χ1n) is 6.03. The Morgan fingerprint density at radius 2 is 1.88 bits per heavy atom. The summed E-state index contributed by atoms with van der Waals surface area (Å²) in [5, 5.41) is 3.17. The van der Waals surface area contributed by atoms with E-state index in [9.17, 15) is 0 Å². The number of nitrogens with one attached hydrogen (secondary N) is 1. The lowest BCUT2D eigenvalue weighted by atomic mass is 10.0. The molecule has 1 rings (SSSR count). The molecule has 3 nitrogen and oxygen atoms in total. The number of rotatable bonds is 5. The molecular formula is C14H24N2O. The second-order valence-corrected chi connectivity index (χ2v) is 4.54. The molecule has 0 aliphatic heterocycles. The Morgan fingerprint density at radius 1 is 1.24 bits per heavy atom. The molecule has 0 saturated carbocycles. The molecule has 0 fully saturated rings. The third-order valence-electron chi connectivity index (χ3n) is 3.24. The molecule has 17 heavy (non-hydrogen) atoms. The Labute approximate surface area is 105 Å². The first kappa shape index (κ1) is 13.8. The van der Waals surface area contributed by atoms with Crippen molar-refractivity contribution in [1.29, 1.82) is 0 Å². The fourth-order valence-electron chi connectivity index (χ4n) is 2.15. The molecule has 0 radical (unpaired) electrons. The molecule has 0 heterocycles. The number of hydrogen-bond acceptors (Lipinski definition) is 3. The van der Waals surface area contributed by atoms with E-state index in [1.165, 1.54) is 22.4 Å². The van der Waals surface area contributed by atoms with Crippen molar-refractivity contribution >= 4 is 5.69 Å². The third kappa shape index (κ3) is 2.91. The monoisotopic (exact) mass is 236 g/mol. The topological polar surface area (TPSA) is 24.5 Å². The van der Waals surface area contributed by atoms with Crippen LogP contribution in [0.1, 0.15) is 16.7 Å². The van der Waals surface area contributed by atoms with Crippen molar-refractivity contribution in [3.63, 3.8) is 0 Å². The number of ether oxygens (including phenoxy) is 1. The van der Waals surface area contributed by atoms with E-state index in [0.717, 1.165) is 18.8 Å². The summed E-state index contributed by atoms with van der Waals surface area (Å²) in [5.41, 5.74) is 4.98. The van der Waals surface area contributed by atoms with Crippen molar-refractivity contribution in [1.82, 2.24) is 5.32 Å². The Morgan fingerprint density at radius 3 is 2.41 bits per heavy atom. The molecular weight excluding hydrogens is 212 g/mol. The predicted molar refractivity (Wildman–Crippen MR) is 74.4 cm³/mol. The van der Waals surface area contributed by atoms with Crippen LogP contribution in [0.5, 0.6) is 5.75 Å². The maximum Gasteiger partial charge on any atom is 0.145 e. The highest BCUT2D eigenvalue weighted by Crippen LogP contribution is 2.36. The van der Waals surface area contributed by atoms with Crippen LogP contribution in [-0.4, -0.2) is 34.3 Å². The zero-order chi connectivity index (χ0) is 13.0. The van der Waals surface area contributed by atoms with Crippen LogP contribution in [0.2, 0.25) is 0 Å². The molecule has 0 spiro atoms. The molecule has 1 N–H and O–H groups in total. The van der Waals surface area contributed by atoms with E-state index in [-0.39, 0.29) is 0 Å². The van der Waals surface area contributed by atoms with Gasteiger partial charge in [-0.05, 0) is 44.5 Å². The van der Waals surface area contributed by atoms with E-state index in [4.69, 9.17) is 4.74 Å². The first-order chi connectivity index (χ1) is 8.02. The minimum Gasteiger partial charge on any atom is -0.494 e. The average molecular weight is 236 g/mol. The zero-order valence-electron chi connectivity index (χ0n) is 11.8. The standard InChI is InChI=1S/C14H24N2O/c1-10-9-11(2)13(14(17-6)12(10)3)16(5)8-7-15-4/h9,15H,7-8H2,1-6H3. The van der Waals surface area contributed by atoms with Crippen LogP contribution in [0.15, 0.2) is 6.07 Å². The smallest absolute Gasteiger partial charge is 0.145 e. The van der Waals surface area contributed by atoms with Crippen molar-refractivity contribution in [2.24, 2.45) is 0 Å². The summed E-state index contributed by atoms with van der Waals surface area (Å²) in [4.78, 5) is 2.25. The van der Waals surface area contributed by atoms with Gasteiger partial charge >= 0.3 is 0 Å². The lowest BCUT2D eigenvalue weighted by Gasteiger charge is -2.25. The SMILES string of the molecule is CNCCN(C)c1c(C)cc(C)c(C)c1OC. The molecule has 1 aromatic rings. The van der Waals surface area contributed by atoms with Crippen molar-refractivity contribution in [3.05, 3.63) is 22.8 Å². The van der Waals surface area contributed by atoms with Crippen molar-refractivity contribution in [2.75, 3.05) is 39.2 Å². The summed E-state index contributed by atoms with van der Waals surface area (Å²) in [7, 11) is 5.83. The minimum absolute atomic E-state index is 0.964. The van der Waals surface area contributed by atoms with Crippen LogP contribution in [0.3, 0.4) is 0 Å². The van der Waals surface area contributed by atoms with Gasteiger partial charge in [0.25, 0.3) is 0 Å². The number of methoxy groups -OCH3 is 1. The predicted octanol–water partition coefficient (Wildman–Crippen LogP) is 2.28.